The van der Waals surface area contributed by atoms with Gasteiger partial charge in [-0.05, 0) is 68.3 Å². The standard InChI is InChI=1S/C24H34FN3O.C13H12O.CH5N/c1-6-8-17-28(24-18(3)11-9-14-21(24)25)23(26)16-15-22(29)20(7-2)13-10-12-19(4)27-5;1-10(14)9-12-7-4-6-11-5-2-3-8-13(11)12;1-2/h7,9-14,20,26-27H,2,6,8,15-17H2,1,3-5H3;2-8H,9H2,1H3;2H2,1H3/b13-10?,19-12+,26-23?;;. The molecule has 0 spiro atoms. The highest BCUT2D eigenvalue weighted by molar-refractivity contribution is 5.99. The molecule has 0 bridgehead atoms. The molecule has 242 valence electrons. The van der Waals surface area contributed by atoms with Crippen LogP contribution in [0.2, 0.25) is 0 Å². The number of nitrogens with two attached hydrogens (primary N) is 1. The number of fused-ring (bicyclic) bond motifs is 1. The molecule has 0 radical (unpaired) electrons. The van der Waals surface area contributed by atoms with Crippen molar-refractivity contribution in [1.82, 2.24) is 5.32 Å². The highest BCUT2D eigenvalue weighted by Gasteiger charge is 2.20. The molecule has 0 aromatic heterocycles. The van der Waals surface area contributed by atoms with Crippen LogP contribution in [0.4, 0.5) is 10.1 Å². The normalized spacial score (nSPS) is 11.5. The number of rotatable bonds is 14. The van der Waals surface area contributed by atoms with Crippen molar-refractivity contribution < 1.29 is 14.0 Å². The lowest BCUT2D eigenvalue weighted by Gasteiger charge is -2.27. The topological polar surface area (TPSA) is 99.3 Å². The highest BCUT2D eigenvalue weighted by atomic mass is 19.1. The first-order chi connectivity index (χ1) is 21.6. The zero-order valence-electron chi connectivity index (χ0n) is 27.8. The lowest BCUT2D eigenvalue weighted by Crippen LogP contribution is -2.33. The van der Waals surface area contributed by atoms with Gasteiger partial charge >= 0.3 is 0 Å². The van der Waals surface area contributed by atoms with Crippen LogP contribution in [0.3, 0.4) is 0 Å². The van der Waals surface area contributed by atoms with E-state index in [-0.39, 0.29) is 36.1 Å². The Morgan fingerprint density at radius 1 is 1.04 bits per heavy atom. The Morgan fingerprint density at radius 2 is 1.71 bits per heavy atom. The van der Waals surface area contributed by atoms with E-state index in [0.717, 1.165) is 29.7 Å². The number of allylic oxidation sites excluding steroid dienone is 5. The Labute approximate surface area is 269 Å². The maximum Gasteiger partial charge on any atom is 0.147 e. The minimum absolute atomic E-state index is 0.00259. The molecule has 1 unspecified atom stereocenters. The van der Waals surface area contributed by atoms with Gasteiger partial charge in [-0.1, -0.05) is 86.2 Å². The quantitative estimate of drug-likeness (QED) is 0.0738. The van der Waals surface area contributed by atoms with Crippen molar-refractivity contribution in [3.8, 4) is 0 Å². The smallest absolute Gasteiger partial charge is 0.147 e. The predicted octanol–water partition coefficient (Wildman–Crippen LogP) is 8.09. The fraction of sp³-hybridized carbons (Fsp3) is 0.342. The number of nitrogens with zero attached hydrogens (tertiary/aromatic N) is 1. The molecule has 0 heterocycles. The number of para-hydroxylation sites is 1. The highest BCUT2D eigenvalue weighted by Crippen LogP contribution is 2.26. The number of carbonyl (C=O) groups excluding carboxylic acids is 2. The second-order valence-corrected chi connectivity index (χ2v) is 10.6. The second-order valence-electron chi connectivity index (χ2n) is 10.6. The van der Waals surface area contributed by atoms with Crippen LogP contribution in [-0.2, 0) is 16.0 Å². The minimum atomic E-state index is -0.400. The Kier molecular flexibility index (Phi) is 18.4. The van der Waals surface area contributed by atoms with E-state index < -0.39 is 5.92 Å². The summed E-state index contributed by atoms with van der Waals surface area (Å²) in [6.45, 7) is 11.8. The van der Waals surface area contributed by atoms with Gasteiger partial charge in [-0.3, -0.25) is 15.0 Å². The van der Waals surface area contributed by atoms with Gasteiger partial charge in [0.05, 0.1) is 11.6 Å². The molecular weight excluding hydrogens is 563 g/mol. The number of benzene rings is 3. The number of nitrogens with one attached hydrogen (secondary N) is 2. The van der Waals surface area contributed by atoms with Crippen molar-refractivity contribution >= 4 is 33.9 Å². The van der Waals surface area contributed by atoms with Crippen molar-refractivity contribution in [2.45, 2.75) is 59.8 Å². The number of hydrogen-bond acceptors (Lipinski definition) is 5. The summed E-state index contributed by atoms with van der Waals surface area (Å²) in [7, 11) is 3.34. The molecule has 3 aromatic rings. The van der Waals surface area contributed by atoms with E-state index in [1.165, 1.54) is 23.9 Å². The average molecular weight is 615 g/mol. The molecule has 0 aliphatic heterocycles. The van der Waals surface area contributed by atoms with Crippen molar-refractivity contribution in [2.75, 3.05) is 25.5 Å². The van der Waals surface area contributed by atoms with Gasteiger partial charge in [-0.15, -0.1) is 6.58 Å². The van der Waals surface area contributed by atoms with Crippen molar-refractivity contribution in [1.29, 1.82) is 5.41 Å². The molecule has 0 aliphatic rings. The molecule has 0 fully saturated rings. The fourth-order valence-electron chi connectivity index (χ4n) is 4.64. The zero-order valence-corrected chi connectivity index (χ0v) is 27.8. The van der Waals surface area contributed by atoms with Crippen LogP contribution in [0.15, 0.2) is 97.2 Å². The van der Waals surface area contributed by atoms with Crippen molar-refractivity contribution in [2.24, 2.45) is 11.7 Å². The Hall–Kier alpha value is -4.36. The van der Waals surface area contributed by atoms with Crippen LogP contribution in [-0.4, -0.2) is 38.0 Å². The Bertz CT molecular complexity index is 1440. The largest absolute Gasteiger partial charge is 0.392 e. The van der Waals surface area contributed by atoms with E-state index in [4.69, 9.17) is 5.41 Å². The van der Waals surface area contributed by atoms with Gasteiger partial charge in [0.2, 0.25) is 0 Å². The molecule has 7 heteroatoms. The molecule has 4 N–H and O–H groups in total. The summed E-state index contributed by atoms with van der Waals surface area (Å²) in [6.07, 6.45) is 9.93. The fourth-order valence-corrected chi connectivity index (χ4v) is 4.64. The molecular formula is C38H51FN4O2. The monoisotopic (exact) mass is 614 g/mol. The number of Topliss-reactive ketones (excluding diaryl/α,β-unsaturated/α-hetero) is 2. The summed E-state index contributed by atoms with van der Waals surface area (Å²) < 4.78 is 14.5. The number of anilines is 1. The Balaban J connectivity index is 0.000000522. The van der Waals surface area contributed by atoms with E-state index in [9.17, 15) is 14.0 Å². The molecule has 0 aliphatic carbocycles. The molecule has 0 saturated carbocycles. The molecule has 3 rings (SSSR count). The SMILES string of the molecule is C=CC(C=C/C=C(\C)NC)C(=O)CCC(=N)N(CCCC)c1c(C)cccc1F.CC(=O)Cc1cccc2ccccc12.CN. The first kappa shape index (κ1) is 38.7. The number of unbranched alkanes of at least 4 members (excludes halogenated alkanes) is 1. The van der Waals surface area contributed by atoms with E-state index in [2.05, 4.69) is 42.8 Å². The van der Waals surface area contributed by atoms with Crippen molar-refractivity contribution in [3.05, 3.63) is 114 Å². The molecule has 0 amide bonds. The third-order valence-electron chi connectivity index (χ3n) is 7.13. The lowest BCUT2D eigenvalue weighted by molar-refractivity contribution is -0.120. The van der Waals surface area contributed by atoms with Crippen LogP contribution in [0.1, 0.15) is 57.6 Å². The average Bonchev–Trinajstić information content (AvgIpc) is 3.04. The molecule has 1 atom stereocenters. The molecule has 0 saturated heterocycles. The number of hydrogen-bond donors (Lipinski definition) is 3. The van der Waals surface area contributed by atoms with Crippen LogP contribution in [0.5, 0.6) is 0 Å². The van der Waals surface area contributed by atoms with Crippen LogP contribution in [0, 0.1) is 24.1 Å². The van der Waals surface area contributed by atoms with Crippen molar-refractivity contribution in [3.63, 3.8) is 0 Å². The predicted molar refractivity (Wildman–Crippen MR) is 189 cm³/mol. The number of amidine groups is 1. The molecule has 45 heavy (non-hydrogen) atoms. The summed E-state index contributed by atoms with van der Waals surface area (Å²) >= 11 is 0. The van der Waals surface area contributed by atoms with E-state index in [1.807, 2.05) is 63.4 Å². The minimum Gasteiger partial charge on any atom is -0.392 e. The van der Waals surface area contributed by atoms with Crippen LogP contribution >= 0.6 is 0 Å². The number of halogens is 1. The number of ketones is 2. The maximum atomic E-state index is 14.5. The third kappa shape index (κ3) is 13.0. The first-order valence-electron chi connectivity index (χ1n) is 15.4. The lowest BCUT2D eigenvalue weighted by atomic mass is 9.99. The van der Waals surface area contributed by atoms with Gasteiger partial charge in [0.25, 0.3) is 0 Å². The van der Waals surface area contributed by atoms with E-state index in [0.29, 0.717) is 18.7 Å². The van der Waals surface area contributed by atoms with Gasteiger partial charge in [-0.2, -0.15) is 0 Å². The van der Waals surface area contributed by atoms with Gasteiger partial charge < -0.3 is 16.0 Å². The van der Waals surface area contributed by atoms with Gasteiger partial charge in [0.1, 0.15) is 23.2 Å². The Morgan fingerprint density at radius 3 is 2.33 bits per heavy atom. The number of carbonyl (C=O) groups is 2. The van der Waals surface area contributed by atoms with Gasteiger partial charge in [0, 0.05) is 38.6 Å². The summed E-state index contributed by atoms with van der Waals surface area (Å²) in [4.78, 5) is 25.3. The first-order valence-corrected chi connectivity index (χ1v) is 15.4. The molecule has 6 nitrogen and oxygen atoms in total. The molecule has 3 aromatic carbocycles. The summed E-state index contributed by atoms with van der Waals surface area (Å²) in [5, 5.41) is 13.9. The van der Waals surface area contributed by atoms with Crippen LogP contribution < -0.4 is 16.0 Å². The third-order valence-corrected chi connectivity index (χ3v) is 7.13. The van der Waals surface area contributed by atoms with Crippen LogP contribution in [0.25, 0.3) is 10.8 Å². The van der Waals surface area contributed by atoms with E-state index in [1.54, 1.807) is 30.0 Å². The van der Waals surface area contributed by atoms with E-state index >= 15 is 0 Å². The summed E-state index contributed by atoms with van der Waals surface area (Å²) in [5.74, 6) is -0.268. The van der Waals surface area contributed by atoms with Gasteiger partial charge in [0.15, 0.2) is 0 Å². The second kappa shape index (κ2) is 21.4. The maximum absolute atomic E-state index is 14.5. The number of aryl methyl sites for hydroxylation is 1. The zero-order chi connectivity index (χ0) is 33.8. The summed E-state index contributed by atoms with van der Waals surface area (Å²) in [6, 6.07) is 19.2. The summed E-state index contributed by atoms with van der Waals surface area (Å²) in [5.41, 5.74) is 7.84. The van der Waals surface area contributed by atoms with Gasteiger partial charge in [-0.25, -0.2) is 4.39 Å².